The number of hydrogen-bond donors (Lipinski definition) is 0. The van der Waals surface area contributed by atoms with Gasteiger partial charge in [0.25, 0.3) is 0 Å². The first-order valence-electron chi connectivity index (χ1n) is 11.6. The van der Waals surface area contributed by atoms with E-state index < -0.39 is 0 Å². The Morgan fingerprint density at radius 1 is 0.720 bits per heavy atom. The molecule has 150 valence electrons. The van der Waals surface area contributed by atoms with Gasteiger partial charge in [0.1, 0.15) is 0 Å². The summed E-state index contributed by atoms with van der Waals surface area (Å²) in [5, 5.41) is 0. The van der Waals surface area contributed by atoms with Crippen molar-refractivity contribution in [2.24, 2.45) is 5.92 Å². The van der Waals surface area contributed by atoms with E-state index in [0.29, 0.717) is 6.10 Å². The van der Waals surface area contributed by atoms with Crippen molar-refractivity contribution in [2.45, 2.75) is 123 Å². The smallest absolute Gasteiger partial charge is 0.0812 e. The van der Waals surface area contributed by atoms with Crippen molar-refractivity contribution >= 4 is 0 Å². The van der Waals surface area contributed by atoms with E-state index in [9.17, 15) is 0 Å². The van der Waals surface area contributed by atoms with E-state index in [0.717, 1.165) is 25.7 Å². The lowest BCUT2D eigenvalue weighted by Crippen LogP contribution is -2.14. The Morgan fingerprint density at radius 2 is 1.28 bits per heavy atom. The zero-order chi connectivity index (χ0) is 18.0. The Morgan fingerprint density at radius 3 is 1.88 bits per heavy atom. The molecule has 0 aromatic carbocycles. The van der Waals surface area contributed by atoms with Crippen LogP contribution in [0.4, 0.5) is 0 Å². The standard InChI is InChI=1S/C23H46O2/c1-3-5-7-8-9-10-11-12-13-14-15-16-17-22-19-23(25-20-22)21-24-18-6-4-2/h22-23H,3-21H2,1-2H3/t22-,23+/m1/s1. The van der Waals surface area contributed by atoms with Crippen LogP contribution in [0.2, 0.25) is 0 Å². The highest BCUT2D eigenvalue weighted by molar-refractivity contribution is 4.73. The summed E-state index contributed by atoms with van der Waals surface area (Å²) in [4.78, 5) is 0. The molecule has 0 aromatic rings. The summed E-state index contributed by atoms with van der Waals surface area (Å²) in [5.74, 6) is 0.794. The van der Waals surface area contributed by atoms with Gasteiger partial charge in [-0.05, 0) is 25.2 Å². The fourth-order valence-electron chi connectivity index (χ4n) is 3.83. The molecule has 1 aliphatic rings. The molecule has 0 radical (unpaired) electrons. The van der Waals surface area contributed by atoms with E-state index in [4.69, 9.17) is 9.47 Å². The second-order valence-electron chi connectivity index (χ2n) is 8.16. The van der Waals surface area contributed by atoms with Gasteiger partial charge in [-0.2, -0.15) is 0 Å². The van der Waals surface area contributed by atoms with Crippen LogP contribution in [0.5, 0.6) is 0 Å². The summed E-state index contributed by atoms with van der Waals surface area (Å²) < 4.78 is 11.6. The predicted octanol–water partition coefficient (Wildman–Crippen LogP) is 7.30. The van der Waals surface area contributed by atoms with E-state index in [1.165, 1.54) is 103 Å². The number of hydrogen-bond acceptors (Lipinski definition) is 2. The third kappa shape index (κ3) is 13.7. The van der Waals surface area contributed by atoms with Crippen LogP contribution in [-0.4, -0.2) is 25.9 Å². The molecule has 1 rings (SSSR count). The Labute approximate surface area is 158 Å². The molecule has 0 amide bonds. The molecule has 1 aliphatic heterocycles. The molecular weight excluding hydrogens is 308 g/mol. The van der Waals surface area contributed by atoms with E-state index in [2.05, 4.69) is 13.8 Å². The maximum Gasteiger partial charge on any atom is 0.0812 e. The molecule has 1 saturated heterocycles. The largest absolute Gasteiger partial charge is 0.379 e. The normalized spacial score (nSPS) is 20.4. The van der Waals surface area contributed by atoms with E-state index in [-0.39, 0.29) is 0 Å². The maximum atomic E-state index is 5.88. The summed E-state index contributed by atoms with van der Waals surface area (Å²) >= 11 is 0. The lowest BCUT2D eigenvalue weighted by atomic mass is 9.97. The van der Waals surface area contributed by atoms with E-state index in [1.807, 2.05) is 0 Å². The SMILES string of the molecule is CCCCCCCCCCCCCC[C@H]1CO[C@H](COCCCC)C1. The van der Waals surface area contributed by atoms with Gasteiger partial charge in [0, 0.05) is 13.2 Å². The topological polar surface area (TPSA) is 18.5 Å². The van der Waals surface area contributed by atoms with Gasteiger partial charge < -0.3 is 9.47 Å². The van der Waals surface area contributed by atoms with Crippen LogP contribution in [0, 0.1) is 5.92 Å². The molecule has 0 saturated carbocycles. The second-order valence-corrected chi connectivity index (χ2v) is 8.16. The Bertz CT molecular complexity index is 267. The van der Waals surface area contributed by atoms with Crippen molar-refractivity contribution in [3.63, 3.8) is 0 Å². The van der Waals surface area contributed by atoms with Crippen LogP contribution in [0.1, 0.15) is 117 Å². The fourth-order valence-corrected chi connectivity index (χ4v) is 3.83. The van der Waals surface area contributed by atoms with Gasteiger partial charge in [-0.25, -0.2) is 0 Å². The molecule has 1 fully saturated rings. The van der Waals surface area contributed by atoms with E-state index in [1.54, 1.807) is 0 Å². The molecule has 0 aliphatic carbocycles. The van der Waals surface area contributed by atoms with Crippen LogP contribution >= 0.6 is 0 Å². The second kappa shape index (κ2) is 17.3. The highest BCUT2D eigenvalue weighted by atomic mass is 16.5. The average molecular weight is 355 g/mol. The molecule has 1 heterocycles. The van der Waals surface area contributed by atoms with Gasteiger partial charge >= 0.3 is 0 Å². The molecule has 2 heteroatoms. The predicted molar refractivity (Wildman–Crippen MR) is 109 cm³/mol. The molecule has 0 unspecified atom stereocenters. The van der Waals surface area contributed by atoms with Crippen LogP contribution < -0.4 is 0 Å². The zero-order valence-corrected chi connectivity index (χ0v) is 17.4. The molecule has 2 nitrogen and oxygen atoms in total. The molecule has 25 heavy (non-hydrogen) atoms. The fraction of sp³-hybridized carbons (Fsp3) is 1.00. The van der Waals surface area contributed by atoms with Gasteiger partial charge in [-0.1, -0.05) is 97.3 Å². The molecule has 0 bridgehead atoms. The maximum absolute atomic E-state index is 5.88. The van der Waals surface area contributed by atoms with Gasteiger partial charge in [-0.15, -0.1) is 0 Å². The van der Waals surface area contributed by atoms with Crippen LogP contribution in [0.3, 0.4) is 0 Å². The minimum Gasteiger partial charge on any atom is -0.379 e. The van der Waals surface area contributed by atoms with Gasteiger partial charge in [0.05, 0.1) is 12.7 Å². The van der Waals surface area contributed by atoms with E-state index >= 15 is 0 Å². The van der Waals surface area contributed by atoms with Crippen molar-refractivity contribution in [3.8, 4) is 0 Å². The molecule has 0 spiro atoms. The minimum absolute atomic E-state index is 0.374. The summed E-state index contributed by atoms with van der Waals surface area (Å²) in [6.45, 7) is 7.19. The van der Waals surface area contributed by atoms with Gasteiger partial charge in [0.2, 0.25) is 0 Å². The lowest BCUT2D eigenvalue weighted by molar-refractivity contribution is 0.0157. The van der Waals surface area contributed by atoms with Gasteiger partial charge in [0.15, 0.2) is 0 Å². The third-order valence-corrected chi connectivity index (χ3v) is 5.58. The summed E-state index contributed by atoms with van der Waals surface area (Å²) in [5.41, 5.74) is 0. The Balaban J connectivity index is 1.78. The highest BCUT2D eigenvalue weighted by Gasteiger charge is 2.24. The Hall–Kier alpha value is -0.0800. The van der Waals surface area contributed by atoms with Crippen molar-refractivity contribution in [1.29, 1.82) is 0 Å². The Kier molecular flexibility index (Phi) is 15.9. The van der Waals surface area contributed by atoms with Crippen molar-refractivity contribution in [1.82, 2.24) is 0 Å². The molecule has 0 N–H and O–H groups in total. The molecule has 2 atom stereocenters. The summed E-state index contributed by atoms with van der Waals surface area (Å²) in [7, 11) is 0. The quantitative estimate of drug-likeness (QED) is 0.240. The minimum atomic E-state index is 0.374. The molecule has 0 aromatic heterocycles. The van der Waals surface area contributed by atoms with Crippen LogP contribution in [-0.2, 0) is 9.47 Å². The number of ether oxygens (including phenoxy) is 2. The zero-order valence-electron chi connectivity index (χ0n) is 17.4. The summed E-state index contributed by atoms with van der Waals surface area (Å²) in [6.07, 6.45) is 22.6. The van der Waals surface area contributed by atoms with Crippen molar-refractivity contribution in [2.75, 3.05) is 19.8 Å². The number of unbranched alkanes of at least 4 members (excludes halogenated alkanes) is 12. The van der Waals surface area contributed by atoms with Crippen molar-refractivity contribution in [3.05, 3.63) is 0 Å². The third-order valence-electron chi connectivity index (χ3n) is 5.58. The average Bonchev–Trinajstić information content (AvgIpc) is 3.07. The van der Waals surface area contributed by atoms with Crippen LogP contribution in [0.15, 0.2) is 0 Å². The molecular formula is C23H46O2. The monoisotopic (exact) mass is 354 g/mol. The first-order valence-corrected chi connectivity index (χ1v) is 11.6. The van der Waals surface area contributed by atoms with Crippen molar-refractivity contribution < 1.29 is 9.47 Å². The highest BCUT2D eigenvalue weighted by Crippen LogP contribution is 2.25. The first kappa shape index (κ1) is 23.0. The lowest BCUT2D eigenvalue weighted by Gasteiger charge is -2.10. The number of rotatable bonds is 18. The first-order chi connectivity index (χ1) is 12.4. The van der Waals surface area contributed by atoms with Gasteiger partial charge in [-0.3, -0.25) is 0 Å². The van der Waals surface area contributed by atoms with Crippen LogP contribution in [0.25, 0.3) is 0 Å². The summed E-state index contributed by atoms with van der Waals surface area (Å²) in [6, 6.07) is 0.